The van der Waals surface area contributed by atoms with Crippen LogP contribution >= 0.6 is 0 Å². The van der Waals surface area contributed by atoms with Crippen LogP contribution in [-0.2, 0) is 4.74 Å². The molecule has 1 aliphatic rings. The van der Waals surface area contributed by atoms with E-state index >= 15 is 0 Å². The topological polar surface area (TPSA) is 24.5 Å². The van der Waals surface area contributed by atoms with E-state index in [0.29, 0.717) is 12.1 Å². The molecule has 0 aromatic carbocycles. The quantitative estimate of drug-likeness (QED) is 0.750. The smallest absolute Gasteiger partial charge is 0.0671 e. The normalized spacial score (nSPS) is 26.2. The maximum absolute atomic E-state index is 5.51. The van der Waals surface area contributed by atoms with E-state index in [-0.39, 0.29) is 0 Å². The molecule has 0 saturated carbocycles. The van der Waals surface area contributed by atoms with Crippen molar-refractivity contribution in [1.82, 2.24) is 10.2 Å². The number of ether oxygens (including phenoxy) is 1. The van der Waals surface area contributed by atoms with E-state index < -0.39 is 0 Å². The van der Waals surface area contributed by atoms with Gasteiger partial charge in [0.15, 0.2) is 0 Å². The molecule has 3 nitrogen and oxygen atoms in total. The summed E-state index contributed by atoms with van der Waals surface area (Å²) in [6, 6.07) is 0.692. The van der Waals surface area contributed by atoms with Crippen LogP contribution in [-0.4, -0.2) is 50.3 Å². The SMILES string of the molecule is CCOC(C)CNC1CCCN(C)CC1. The second-order valence-corrected chi connectivity index (χ2v) is 4.61. The third-order valence-corrected chi connectivity index (χ3v) is 3.10. The molecular formula is C12H26N2O. The first kappa shape index (κ1) is 12.9. The first-order valence-electron chi connectivity index (χ1n) is 6.26. The van der Waals surface area contributed by atoms with Gasteiger partial charge >= 0.3 is 0 Å². The van der Waals surface area contributed by atoms with Gasteiger partial charge in [0.1, 0.15) is 0 Å². The van der Waals surface area contributed by atoms with E-state index in [1.54, 1.807) is 0 Å². The first-order chi connectivity index (χ1) is 7.22. The van der Waals surface area contributed by atoms with Crippen molar-refractivity contribution in [2.24, 2.45) is 0 Å². The summed E-state index contributed by atoms with van der Waals surface area (Å²) < 4.78 is 5.51. The van der Waals surface area contributed by atoms with Crippen LogP contribution in [0.2, 0.25) is 0 Å². The molecule has 0 aromatic heterocycles. The molecule has 2 unspecified atom stereocenters. The fourth-order valence-corrected chi connectivity index (χ4v) is 2.12. The van der Waals surface area contributed by atoms with Gasteiger partial charge in [-0.25, -0.2) is 0 Å². The Labute approximate surface area is 94.2 Å². The van der Waals surface area contributed by atoms with Crippen molar-refractivity contribution in [2.45, 2.75) is 45.3 Å². The van der Waals surface area contributed by atoms with Crippen molar-refractivity contribution in [2.75, 3.05) is 33.3 Å². The zero-order valence-electron chi connectivity index (χ0n) is 10.5. The maximum Gasteiger partial charge on any atom is 0.0671 e. The number of hydrogen-bond acceptors (Lipinski definition) is 3. The van der Waals surface area contributed by atoms with Gasteiger partial charge in [-0.15, -0.1) is 0 Å². The Balaban J connectivity index is 2.14. The van der Waals surface area contributed by atoms with Gasteiger partial charge in [-0.3, -0.25) is 0 Å². The average molecular weight is 214 g/mol. The Kier molecular flexibility index (Phi) is 6.22. The summed E-state index contributed by atoms with van der Waals surface area (Å²) in [4.78, 5) is 2.42. The molecule has 3 heteroatoms. The molecule has 0 bridgehead atoms. The zero-order chi connectivity index (χ0) is 11.1. The number of rotatable bonds is 5. The predicted octanol–water partition coefficient (Wildman–Crippen LogP) is 1.49. The van der Waals surface area contributed by atoms with Gasteiger partial charge in [0.2, 0.25) is 0 Å². The number of nitrogens with zero attached hydrogens (tertiary/aromatic N) is 1. The van der Waals surface area contributed by atoms with Crippen LogP contribution in [0.15, 0.2) is 0 Å². The maximum atomic E-state index is 5.51. The Morgan fingerprint density at radius 1 is 1.40 bits per heavy atom. The summed E-state index contributed by atoms with van der Waals surface area (Å²) >= 11 is 0. The molecule has 1 saturated heterocycles. The lowest BCUT2D eigenvalue weighted by atomic mass is 10.1. The summed E-state index contributed by atoms with van der Waals surface area (Å²) in [6.45, 7) is 8.47. The molecule has 1 fully saturated rings. The lowest BCUT2D eigenvalue weighted by molar-refractivity contribution is 0.0735. The van der Waals surface area contributed by atoms with Crippen molar-refractivity contribution in [3.8, 4) is 0 Å². The minimum Gasteiger partial charge on any atom is -0.377 e. The van der Waals surface area contributed by atoms with Crippen molar-refractivity contribution >= 4 is 0 Å². The Morgan fingerprint density at radius 2 is 2.20 bits per heavy atom. The molecule has 0 aliphatic carbocycles. The fourth-order valence-electron chi connectivity index (χ4n) is 2.12. The Hall–Kier alpha value is -0.120. The Bertz CT molecular complexity index is 164. The third kappa shape index (κ3) is 5.50. The highest BCUT2D eigenvalue weighted by atomic mass is 16.5. The largest absolute Gasteiger partial charge is 0.377 e. The number of likely N-dealkylation sites (tertiary alicyclic amines) is 1. The van der Waals surface area contributed by atoms with E-state index in [1.165, 1.54) is 32.4 Å². The van der Waals surface area contributed by atoms with Gasteiger partial charge in [0, 0.05) is 19.2 Å². The standard InChI is InChI=1S/C12H26N2O/c1-4-15-11(2)10-13-12-6-5-8-14(3)9-7-12/h11-13H,4-10H2,1-3H3. The van der Waals surface area contributed by atoms with E-state index in [2.05, 4.69) is 31.1 Å². The van der Waals surface area contributed by atoms with Crippen LogP contribution in [0.5, 0.6) is 0 Å². The van der Waals surface area contributed by atoms with Gasteiger partial charge in [-0.1, -0.05) is 0 Å². The van der Waals surface area contributed by atoms with Crippen LogP contribution in [0.25, 0.3) is 0 Å². The zero-order valence-corrected chi connectivity index (χ0v) is 10.5. The van der Waals surface area contributed by atoms with Crippen LogP contribution in [0, 0.1) is 0 Å². The van der Waals surface area contributed by atoms with Crippen molar-refractivity contribution in [1.29, 1.82) is 0 Å². The predicted molar refractivity (Wildman–Crippen MR) is 64.2 cm³/mol. The molecule has 0 spiro atoms. The minimum absolute atomic E-state index is 0.344. The second-order valence-electron chi connectivity index (χ2n) is 4.61. The fraction of sp³-hybridized carbons (Fsp3) is 1.00. The van der Waals surface area contributed by atoms with E-state index in [0.717, 1.165) is 13.2 Å². The number of nitrogens with one attached hydrogen (secondary N) is 1. The summed E-state index contributed by atoms with van der Waals surface area (Å²) in [5.41, 5.74) is 0. The molecule has 0 aromatic rings. The summed E-state index contributed by atoms with van der Waals surface area (Å²) in [6.07, 6.45) is 4.24. The second kappa shape index (κ2) is 7.20. The lowest BCUT2D eigenvalue weighted by Gasteiger charge is -2.19. The molecule has 0 radical (unpaired) electrons. The molecule has 90 valence electrons. The van der Waals surface area contributed by atoms with Crippen molar-refractivity contribution in [3.63, 3.8) is 0 Å². The van der Waals surface area contributed by atoms with Crippen LogP contribution in [0.4, 0.5) is 0 Å². The molecule has 0 amide bonds. The first-order valence-corrected chi connectivity index (χ1v) is 6.26. The molecule has 1 rings (SSSR count). The summed E-state index contributed by atoms with van der Waals surface area (Å²) in [5.74, 6) is 0. The van der Waals surface area contributed by atoms with Gasteiger partial charge in [0.05, 0.1) is 6.10 Å². The molecule has 15 heavy (non-hydrogen) atoms. The molecular weight excluding hydrogens is 188 g/mol. The molecule has 1 aliphatic heterocycles. The van der Waals surface area contributed by atoms with Crippen LogP contribution in [0.3, 0.4) is 0 Å². The highest BCUT2D eigenvalue weighted by Crippen LogP contribution is 2.09. The highest BCUT2D eigenvalue weighted by Gasteiger charge is 2.14. The van der Waals surface area contributed by atoms with E-state index in [1.807, 2.05) is 0 Å². The van der Waals surface area contributed by atoms with Crippen molar-refractivity contribution < 1.29 is 4.74 Å². The van der Waals surface area contributed by atoms with Gasteiger partial charge in [0.25, 0.3) is 0 Å². The highest BCUT2D eigenvalue weighted by molar-refractivity contribution is 4.74. The molecule has 1 N–H and O–H groups in total. The summed E-state index contributed by atoms with van der Waals surface area (Å²) in [7, 11) is 2.21. The molecule has 2 atom stereocenters. The van der Waals surface area contributed by atoms with Gasteiger partial charge < -0.3 is 15.0 Å². The van der Waals surface area contributed by atoms with Crippen LogP contribution in [0.1, 0.15) is 33.1 Å². The van der Waals surface area contributed by atoms with Crippen molar-refractivity contribution in [3.05, 3.63) is 0 Å². The minimum atomic E-state index is 0.344. The molecule has 1 heterocycles. The lowest BCUT2D eigenvalue weighted by Crippen LogP contribution is -2.36. The van der Waals surface area contributed by atoms with Gasteiger partial charge in [-0.2, -0.15) is 0 Å². The third-order valence-electron chi connectivity index (χ3n) is 3.10. The number of hydrogen-bond donors (Lipinski definition) is 1. The van der Waals surface area contributed by atoms with E-state index in [4.69, 9.17) is 4.74 Å². The summed E-state index contributed by atoms with van der Waals surface area (Å²) in [5, 5.41) is 3.62. The van der Waals surface area contributed by atoms with E-state index in [9.17, 15) is 0 Å². The Morgan fingerprint density at radius 3 is 2.93 bits per heavy atom. The monoisotopic (exact) mass is 214 g/mol. The van der Waals surface area contributed by atoms with Crippen LogP contribution < -0.4 is 5.32 Å². The average Bonchev–Trinajstić information content (AvgIpc) is 2.41. The van der Waals surface area contributed by atoms with Gasteiger partial charge in [-0.05, 0) is 53.2 Å².